The molecule has 1 atom stereocenters. The second kappa shape index (κ2) is 8.45. The minimum Gasteiger partial charge on any atom is -0.507 e. The van der Waals surface area contributed by atoms with Crippen LogP contribution in [0.1, 0.15) is 30.0 Å². The molecule has 1 heterocycles. The summed E-state index contributed by atoms with van der Waals surface area (Å²) in [6, 6.07) is 10.4. The van der Waals surface area contributed by atoms with Gasteiger partial charge in [0, 0.05) is 23.6 Å². The highest BCUT2D eigenvalue weighted by atomic mass is 35.5. The summed E-state index contributed by atoms with van der Waals surface area (Å²) in [5.41, 5.74) is 0.584. The lowest BCUT2D eigenvalue weighted by Gasteiger charge is -2.25. The van der Waals surface area contributed by atoms with Crippen LogP contribution < -0.4 is 0 Å². The number of carbonyl (C=O) groups excluding carboxylic acids is 2. The Kier molecular flexibility index (Phi) is 5.98. The molecule has 8 heteroatoms. The fraction of sp³-hybridized carbons (Fsp3) is 0.190. The van der Waals surface area contributed by atoms with E-state index in [4.69, 9.17) is 16.7 Å². The van der Waals surface area contributed by atoms with Gasteiger partial charge in [-0.1, -0.05) is 23.7 Å². The first-order chi connectivity index (χ1) is 13.8. The maximum absolute atomic E-state index is 13.4. The number of hydrogen-bond acceptors (Lipinski definition) is 4. The molecule has 0 saturated carbocycles. The number of Topliss-reactive ketones (excluding diaryl/α,β-unsaturated/α-hetero) is 1. The van der Waals surface area contributed by atoms with Gasteiger partial charge < -0.3 is 15.1 Å². The van der Waals surface area contributed by atoms with E-state index in [0.29, 0.717) is 16.1 Å². The van der Waals surface area contributed by atoms with Crippen LogP contribution in [0, 0.1) is 5.82 Å². The molecule has 1 aliphatic heterocycles. The number of aliphatic hydroxyl groups is 1. The zero-order valence-corrected chi connectivity index (χ0v) is 15.9. The highest BCUT2D eigenvalue weighted by Crippen LogP contribution is 2.39. The van der Waals surface area contributed by atoms with Gasteiger partial charge in [0.2, 0.25) is 0 Å². The third-order valence-electron chi connectivity index (χ3n) is 4.63. The monoisotopic (exact) mass is 417 g/mol. The third-order valence-corrected chi connectivity index (χ3v) is 4.88. The predicted octanol–water partition coefficient (Wildman–Crippen LogP) is 3.77. The van der Waals surface area contributed by atoms with Crippen LogP contribution in [0.2, 0.25) is 5.02 Å². The Bertz CT molecular complexity index is 985. The van der Waals surface area contributed by atoms with Gasteiger partial charge >= 0.3 is 5.97 Å². The lowest BCUT2D eigenvalue weighted by Crippen LogP contribution is -2.31. The van der Waals surface area contributed by atoms with E-state index in [-0.39, 0.29) is 30.7 Å². The Hall–Kier alpha value is -3.19. The fourth-order valence-corrected chi connectivity index (χ4v) is 3.39. The molecule has 1 unspecified atom stereocenters. The molecule has 0 radical (unpaired) electrons. The van der Waals surface area contributed by atoms with Gasteiger partial charge in [-0.15, -0.1) is 0 Å². The summed E-state index contributed by atoms with van der Waals surface area (Å²) >= 11 is 5.86. The number of ketones is 1. The van der Waals surface area contributed by atoms with Gasteiger partial charge in [0.25, 0.3) is 11.7 Å². The molecule has 0 aromatic heterocycles. The van der Waals surface area contributed by atoms with Crippen LogP contribution in [0.4, 0.5) is 4.39 Å². The van der Waals surface area contributed by atoms with Crippen molar-refractivity contribution < 1.29 is 29.0 Å². The normalized spacial score (nSPS) is 18.3. The predicted molar refractivity (Wildman–Crippen MR) is 104 cm³/mol. The Morgan fingerprint density at radius 2 is 1.66 bits per heavy atom. The first-order valence-corrected chi connectivity index (χ1v) is 9.19. The number of aliphatic carboxylic acids is 1. The summed E-state index contributed by atoms with van der Waals surface area (Å²) in [6.45, 7) is -0.00366. The molecule has 6 nitrogen and oxygen atoms in total. The van der Waals surface area contributed by atoms with E-state index in [1.165, 1.54) is 53.4 Å². The molecule has 1 fully saturated rings. The molecule has 0 aliphatic carbocycles. The molecular formula is C21H17ClFNO5. The highest BCUT2D eigenvalue weighted by Gasteiger charge is 2.45. The van der Waals surface area contributed by atoms with E-state index < -0.39 is 29.5 Å². The van der Waals surface area contributed by atoms with E-state index in [9.17, 15) is 23.9 Å². The van der Waals surface area contributed by atoms with Crippen molar-refractivity contribution in [2.75, 3.05) is 6.54 Å². The van der Waals surface area contributed by atoms with Crippen molar-refractivity contribution in [1.82, 2.24) is 4.90 Å². The molecule has 0 spiro atoms. The van der Waals surface area contributed by atoms with E-state index in [1.54, 1.807) is 0 Å². The summed E-state index contributed by atoms with van der Waals surface area (Å²) in [6.07, 6.45) is -0.0582. The zero-order valence-electron chi connectivity index (χ0n) is 15.1. The molecule has 1 aliphatic rings. The van der Waals surface area contributed by atoms with Gasteiger partial charge in [0.15, 0.2) is 0 Å². The molecular weight excluding hydrogens is 401 g/mol. The summed E-state index contributed by atoms with van der Waals surface area (Å²) in [4.78, 5) is 37.4. The lowest BCUT2D eigenvalue weighted by molar-refractivity contribution is -0.140. The number of benzene rings is 2. The number of hydrogen-bond donors (Lipinski definition) is 2. The van der Waals surface area contributed by atoms with Gasteiger partial charge in [-0.2, -0.15) is 0 Å². The molecule has 29 heavy (non-hydrogen) atoms. The maximum Gasteiger partial charge on any atom is 0.303 e. The summed E-state index contributed by atoms with van der Waals surface area (Å²) < 4.78 is 13.4. The van der Waals surface area contributed by atoms with Crippen LogP contribution in [0.5, 0.6) is 0 Å². The fourth-order valence-electron chi connectivity index (χ4n) is 3.27. The minimum absolute atomic E-state index is 0.00366. The van der Waals surface area contributed by atoms with Crippen LogP contribution >= 0.6 is 11.6 Å². The largest absolute Gasteiger partial charge is 0.507 e. The van der Waals surface area contributed by atoms with Crippen molar-refractivity contribution in [3.63, 3.8) is 0 Å². The number of aliphatic hydroxyl groups excluding tert-OH is 1. The number of nitrogens with zero attached hydrogens (tertiary/aromatic N) is 1. The highest BCUT2D eigenvalue weighted by molar-refractivity contribution is 6.46. The lowest BCUT2D eigenvalue weighted by atomic mass is 9.95. The van der Waals surface area contributed by atoms with Crippen molar-refractivity contribution in [2.45, 2.75) is 18.9 Å². The van der Waals surface area contributed by atoms with Crippen molar-refractivity contribution in [2.24, 2.45) is 0 Å². The Labute approximate surface area is 170 Å². The second-order valence-corrected chi connectivity index (χ2v) is 6.98. The minimum atomic E-state index is -1.03. The van der Waals surface area contributed by atoms with E-state index in [2.05, 4.69) is 0 Å². The summed E-state index contributed by atoms with van der Waals surface area (Å²) in [5, 5.41) is 20.1. The molecule has 3 rings (SSSR count). The van der Waals surface area contributed by atoms with Crippen LogP contribution in [0.3, 0.4) is 0 Å². The van der Waals surface area contributed by atoms with Crippen LogP contribution in [-0.4, -0.2) is 39.3 Å². The van der Waals surface area contributed by atoms with Crippen LogP contribution in [-0.2, 0) is 14.4 Å². The molecule has 150 valence electrons. The van der Waals surface area contributed by atoms with Gasteiger partial charge in [-0.25, -0.2) is 4.39 Å². The van der Waals surface area contributed by atoms with E-state index >= 15 is 0 Å². The number of carboxylic acids is 1. The van der Waals surface area contributed by atoms with E-state index in [1.807, 2.05) is 0 Å². The van der Waals surface area contributed by atoms with Gasteiger partial charge in [0.1, 0.15) is 11.6 Å². The average molecular weight is 418 g/mol. The topological polar surface area (TPSA) is 94.9 Å². The van der Waals surface area contributed by atoms with Gasteiger partial charge in [-0.3, -0.25) is 14.4 Å². The molecule has 1 amide bonds. The molecule has 2 aromatic rings. The first-order valence-electron chi connectivity index (χ1n) is 8.81. The number of rotatable bonds is 6. The smallest absolute Gasteiger partial charge is 0.303 e. The SMILES string of the molecule is O=C(O)CCCN1C(=O)C(=O)/C(=C(\O)c2ccc(Cl)cc2)C1c1ccc(F)cc1. The molecule has 0 bridgehead atoms. The number of carbonyl (C=O) groups is 3. The quantitative estimate of drug-likeness (QED) is 0.424. The first kappa shape index (κ1) is 20.5. The van der Waals surface area contributed by atoms with Gasteiger partial charge in [0.05, 0.1) is 11.6 Å². The number of likely N-dealkylation sites (tertiary alicyclic amines) is 1. The standard InChI is InChI=1S/C21H17ClFNO5/c22-14-7-3-13(4-8-14)19(27)17-18(12-5-9-15(23)10-6-12)24(21(29)20(17)28)11-1-2-16(25)26/h3-10,18,27H,1-2,11H2,(H,25,26)/b19-17-. The van der Waals surface area contributed by atoms with Crippen molar-refractivity contribution in [3.05, 3.63) is 76.1 Å². The van der Waals surface area contributed by atoms with Crippen molar-refractivity contribution in [3.8, 4) is 0 Å². The summed E-state index contributed by atoms with van der Waals surface area (Å²) in [7, 11) is 0. The summed E-state index contributed by atoms with van der Waals surface area (Å²) in [5.74, 6) is -3.63. The number of carboxylic acid groups (broad SMARTS) is 1. The van der Waals surface area contributed by atoms with Crippen molar-refractivity contribution >= 4 is 35.0 Å². The number of amides is 1. The average Bonchev–Trinajstić information content (AvgIpc) is 2.93. The Balaban J connectivity index is 2.08. The molecule has 2 aromatic carbocycles. The molecule has 2 N–H and O–H groups in total. The van der Waals surface area contributed by atoms with E-state index in [0.717, 1.165) is 0 Å². The van der Waals surface area contributed by atoms with Crippen molar-refractivity contribution in [1.29, 1.82) is 0 Å². The van der Waals surface area contributed by atoms with Crippen LogP contribution in [0.15, 0.2) is 54.1 Å². The van der Waals surface area contributed by atoms with Crippen LogP contribution in [0.25, 0.3) is 5.76 Å². The molecule has 1 saturated heterocycles. The Morgan fingerprint density at radius 3 is 2.24 bits per heavy atom. The maximum atomic E-state index is 13.4. The zero-order chi connectivity index (χ0) is 21.1. The van der Waals surface area contributed by atoms with Gasteiger partial charge in [-0.05, 0) is 48.4 Å². The Morgan fingerprint density at radius 1 is 1.03 bits per heavy atom. The number of halogens is 2. The second-order valence-electron chi connectivity index (χ2n) is 6.55. The third kappa shape index (κ3) is 4.30.